The van der Waals surface area contributed by atoms with Crippen molar-refractivity contribution in [1.82, 2.24) is 15.2 Å². The molecule has 1 saturated heterocycles. The lowest BCUT2D eigenvalue weighted by Crippen LogP contribution is -2.38. The summed E-state index contributed by atoms with van der Waals surface area (Å²) in [6.45, 7) is 5.66. The molecule has 1 saturated carbocycles. The Labute approximate surface area is 114 Å². The van der Waals surface area contributed by atoms with Crippen LogP contribution < -0.4 is 5.32 Å². The Morgan fingerprint density at radius 2 is 2.33 bits per heavy atom. The number of hydrogen-bond donors (Lipinski definition) is 1. The molecule has 0 amide bonds. The minimum absolute atomic E-state index is 0.717. The van der Waals surface area contributed by atoms with E-state index in [0.717, 1.165) is 25.0 Å². The summed E-state index contributed by atoms with van der Waals surface area (Å²) in [4.78, 5) is 7.36. The molecule has 2 aliphatic rings. The molecule has 0 radical (unpaired) electrons. The maximum Gasteiger partial charge on any atom is 0.0926 e. The highest BCUT2D eigenvalue weighted by atomic mass is 32.1. The van der Waals surface area contributed by atoms with Gasteiger partial charge in [-0.15, -0.1) is 11.3 Å². The van der Waals surface area contributed by atoms with Crippen molar-refractivity contribution in [2.24, 2.45) is 0 Å². The Bertz CT molecular complexity index is 380. The monoisotopic (exact) mass is 265 g/mol. The van der Waals surface area contributed by atoms with Crippen LogP contribution in [0, 0.1) is 0 Å². The van der Waals surface area contributed by atoms with Crippen LogP contribution in [-0.2, 0) is 13.0 Å². The molecule has 18 heavy (non-hydrogen) atoms. The molecule has 2 fully saturated rings. The van der Waals surface area contributed by atoms with Crippen LogP contribution >= 0.6 is 11.3 Å². The van der Waals surface area contributed by atoms with Gasteiger partial charge in [0, 0.05) is 30.6 Å². The first-order valence-electron chi connectivity index (χ1n) is 7.26. The molecule has 1 aliphatic heterocycles. The Hall–Kier alpha value is -0.450. The highest BCUT2D eigenvalue weighted by Crippen LogP contribution is 2.29. The van der Waals surface area contributed by atoms with Gasteiger partial charge >= 0.3 is 0 Å². The van der Waals surface area contributed by atoms with Crippen LogP contribution in [0.1, 0.15) is 43.3 Å². The average molecular weight is 265 g/mol. The zero-order chi connectivity index (χ0) is 12.4. The van der Waals surface area contributed by atoms with Gasteiger partial charge in [0.25, 0.3) is 0 Å². The number of thiazole rings is 1. The van der Waals surface area contributed by atoms with Crippen LogP contribution in [0.15, 0.2) is 5.38 Å². The maximum absolute atomic E-state index is 4.71. The largest absolute Gasteiger partial charge is 0.313 e. The van der Waals surface area contributed by atoms with Gasteiger partial charge in [0.15, 0.2) is 0 Å². The molecule has 1 atom stereocenters. The second-order valence-electron chi connectivity index (χ2n) is 5.54. The van der Waals surface area contributed by atoms with Gasteiger partial charge in [0.05, 0.1) is 10.7 Å². The number of rotatable bonds is 6. The van der Waals surface area contributed by atoms with Crippen molar-refractivity contribution in [3.8, 4) is 0 Å². The Morgan fingerprint density at radius 1 is 1.44 bits per heavy atom. The van der Waals surface area contributed by atoms with Crippen molar-refractivity contribution >= 4 is 11.3 Å². The van der Waals surface area contributed by atoms with Crippen LogP contribution in [-0.4, -0.2) is 35.1 Å². The lowest BCUT2D eigenvalue weighted by molar-refractivity contribution is 0.229. The second kappa shape index (κ2) is 5.68. The van der Waals surface area contributed by atoms with Gasteiger partial charge in [-0.05, 0) is 38.6 Å². The summed E-state index contributed by atoms with van der Waals surface area (Å²) >= 11 is 1.81. The first-order chi connectivity index (χ1) is 8.85. The third kappa shape index (κ3) is 3.11. The van der Waals surface area contributed by atoms with E-state index in [-0.39, 0.29) is 0 Å². The fraction of sp³-hybridized carbons (Fsp3) is 0.786. The number of aryl methyl sites for hydroxylation is 1. The molecule has 1 aromatic rings. The zero-order valence-corrected chi connectivity index (χ0v) is 12.0. The van der Waals surface area contributed by atoms with Crippen LogP contribution in [0.5, 0.6) is 0 Å². The van der Waals surface area contributed by atoms with E-state index >= 15 is 0 Å². The molecule has 0 bridgehead atoms. The predicted molar refractivity (Wildman–Crippen MR) is 75.9 cm³/mol. The fourth-order valence-corrected chi connectivity index (χ4v) is 3.51. The molecule has 3 nitrogen and oxygen atoms in total. The van der Waals surface area contributed by atoms with Crippen LogP contribution in [0.25, 0.3) is 0 Å². The van der Waals surface area contributed by atoms with Crippen LogP contribution in [0.2, 0.25) is 0 Å². The standard InChI is InChI=1S/C14H23N3S/c1-2-14-16-12(10-18-14)9-17(13-5-6-13)8-11-4-3-7-15-11/h10-11,13,15H,2-9H2,1H3. The summed E-state index contributed by atoms with van der Waals surface area (Å²) in [5, 5.41) is 7.14. The highest BCUT2D eigenvalue weighted by molar-refractivity contribution is 7.09. The number of aromatic nitrogens is 1. The number of hydrogen-bond acceptors (Lipinski definition) is 4. The molecule has 2 heterocycles. The molecular weight excluding hydrogens is 242 g/mol. The third-order valence-corrected chi connectivity index (χ3v) is 4.99. The SMILES string of the molecule is CCc1nc(CN(CC2CCCN2)C2CC2)cs1. The summed E-state index contributed by atoms with van der Waals surface area (Å²) in [5.74, 6) is 0. The van der Waals surface area contributed by atoms with Gasteiger partial charge in [-0.25, -0.2) is 4.98 Å². The molecular formula is C14H23N3S. The molecule has 0 aromatic carbocycles. The summed E-state index contributed by atoms with van der Waals surface area (Å²) in [5.41, 5.74) is 1.28. The molecule has 1 aliphatic carbocycles. The summed E-state index contributed by atoms with van der Waals surface area (Å²) in [6.07, 6.45) is 6.54. The van der Waals surface area contributed by atoms with Crippen molar-refractivity contribution in [3.05, 3.63) is 16.1 Å². The predicted octanol–water partition coefficient (Wildman–Crippen LogP) is 2.42. The smallest absolute Gasteiger partial charge is 0.0926 e. The minimum atomic E-state index is 0.717. The maximum atomic E-state index is 4.71. The van der Waals surface area contributed by atoms with E-state index in [4.69, 9.17) is 4.98 Å². The van der Waals surface area contributed by atoms with Gasteiger partial charge in [0.1, 0.15) is 0 Å². The van der Waals surface area contributed by atoms with Crippen molar-refractivity contribution in [3.63, 3.8) is 0 Å². The lowest BCUT2D eigenvalue weighted by Gasteiger charge is -2.24. The number of nitrogens with one attached hydrogen (secondary N) is 1. The normalized spacial score (nSPS) is 24.0. The quantitative estimate of drug-likeness (QED) is 0.856. The Balaban J connectivity index is 1.59. The van der Waals surface area contributed by atoms with Crippen LogP contribution in [0.3, 0.4) is 0 Å². The van der Waals surface area contributed by atoms with Gasteiger partial charge in [0.2, 0.25) is 0 Å². The molecule has 3 rings (SSSR count). The fourth-order valence-electron chi connectivity index (χ4n) is 2.77. The third-order valence-electron chi connectivity index (χ3n) is 3.95. The van der Waals surface area contributed by atoms with Gasteiger partial charge < -0.3 is 5.32 Å². The van der Waals surface area contributed by atoms with Gasteiger partial charge in [-0.3, -0.25) is 4.90 Å². The zero-order valence-electron chi connectivity index (χ0n) is 11.2. The van der Waals surface area contributed by atoms with Crippen molar-refractivity contribution in [2.75, 3.05) is 13.1 Å². The lowest BCUT2D eigenvalue weighted by atomic mass is 10.2. The van der Waals surface area contributed by atoms with E-state index in [0.29, 0.717) is 0 Å². The first kappa shape index (κ1) is 12.6. The summed E-state index contributed by atoms with van der Waals surface area (Å²) in [6, 6.07) is 1.55. The molecule has 1 N–H and O–H groups in total. The number of nitrogens with zero attached hydrogens (tertiary/aromatic N) is 2. The van der Waals surface area contributed by atoms with E-state index in [1.54, 1.807) is 0 Å². The van der Waals surface area contributed by atoms with Crippen molar-refractivity contribution in [1.29, 1.82) is 0 Å². The Morgan fingerprint density at radius 3 is 2.94 bits per heavy atom. The topological polar surface area (TPSA) is 28.2 Å². The second-order valence-corrected chi connectivity index (χ2v) is 6.48. The van der Waals surface area contributed by atoms with E-state index < -0.39 is 0 Å². The Kier molecular flexibility index (Phi) is 3.97. The van der Waals surface area contributed by atoms with E-state index in [1.807, 2.05) is 11.3 Å². The summed E-state index contributed by atoms with van der Waals surface area (Å²) < 4.78 is 0. The van der Waals surface area contributed by atoms with Gasteiger partial charge in [-0.2, -0.15) is 0 Å². The van der Waals surface area contributed by atoms with Crippen molar-refractivity contribution in [2.45, 2.75) is 57.7 Å². The van der Waals surface area contributed by atoms with Crippen LogP contribution in [0.4, 0.5) is 0 Å². The molecule has 0 spiro atoms. The average Bonchev–Trinajstić information content (AvgIpc) is 2.92. The molecule has 100 valence electrons. The highest BCUT2D eigenvalue weighted by Gasteiger charge is 2.31. The van der Waals surface area contributed by atoms with E-state index in [9.17, 15) is 0 Å². The van der Waals surface area contributed by atoms with Crippen molar-refractivity contribution < 1.29 is 0 Å². The first-order valence-corrected chi connectivity index (χ1v) is 8.14. The minimum Gasteiger partial charge on any atom is -0.313 e. The molecule has 1 aromatic heterocycles. The van der Waals surface area contributed by atoms with E-state index in [2.05, 4.69) is 22.5 Å². The van der Waals surface area contributed by atoms with Gasteiger partial charge in [-0.1, -0.05) is 6.92 Å². The summed E-state index contributed by atoms with van der Waals surface area (Å²) in [7, 11) is 0. The van der Waals surface area contributed by atoms with E-state index in [1.165, 1.54) is 49.5 Å². The molecule has 1 unspecified atom stereocenters. The molecule has 4 heteroatoms.